The Kier molecular flexibility index (Phi) is 1.98. The first-order valence-electron chi connectivity index (χ1n) is 3.53. The van der Waals surface area contributed by atoms with Crippen LogP contribution in [0.15, 0.2) is 29.1 Å². The van der Waals surface area contributed by atoms with Crippen LogP contribution in [0.25, 0.3) is 10.9 Å². The van der Waals surface area contributed by atoms with Gasteiger partial charge >= 0.3 is 0 Å². The fraction of sp³-hybridized carbons (Fsp3) is 0. The highest BCUT2D eigenvalue weighted by Crippen LogP contribution is 2.11. The standard InChI is InChI=1S/C8H4Cl2N2O/c9-8-11-6-4-2-1-3-5(6)7(13)12(8)10/h1-4H. The van der Waals surface area contributed by atoms with Crippen molar-refractivity contribution in [2.75, 3.05) is 0 Å². The molecule has 0 atom stereocenters. The second kappa shape index (κ2) is 3.01. The average molecular weight is 215 g/mol. The minimum Gasteiger partial charge on any atom is -0.267 e. The SMILES string of the molecule is O=c1c2ccccc2nc(Cl)n1Cl. The number of halogens is 2. The number of benzene rings is 1. The lowest BCUT2D eigenvalue weighted by Crippen LogP contribution is -2.14. The van der Waals surface area contributed by atoms with Crippen molar-refractivity contribution in [3.8, 4) is 0 Å². The zero-order valence-electron chi connectivity index (χ0n) is 6.37. The highest BCUT2D eigenvalue weighted by Gasteiger charge is 2.05. The second-order valence-electron chi connectivity index (χ2n) is 2.48. The Morgan fingerprint density at radius 3 is 2.77 bits per heavy atom. The first-order valence-corrected chi connectivity index (χ1v) is 4.25. The molecule has 5 heteroatoms. The molecule has 0 aliphatic carbocycles. The quantitative estimate of drug-likeness (QED) is 0.630. The van der Waals surface area contributed by atoms with Gasteiger partial charge in [-0.05, 0) is 23.7 Å². The number of hydrogen-bond acceptors (Lipinski definition) is 2. The van der Waals surface area contributed by atoms with Gasteiger partial charge in [-0.15, -0.1) is 0 Å². The van der Waals surface area contributed by atoms with Crippen molar-refractivity contribution in [2.45, 2.75) is 0 Å². The minimum absolute atomic E-state index is 0.0228. The number of para-hydroxylation sites is 1. The molecule has 0 bridgehead atoms. The van der Waals surface area contributed by atoms with E-state index in [1.165, 1.54) is 0 Å². The first-order chi connectivity index (χ1) is 6.20. The van der Waals surface area contributed by atoms with Crippen LogP contribution in [0.3, 0.4) is 0 Å². The fourth-order valence-corrected chi connectivity index (χ4v) is 1.38. The second-order valence-corrected chi connectivity index (χ2v) is 3.16. The summed E-state index contributed by atoms with van der Waals surface area (Å²) >= 11 is 11.2. The number of hydrogen-bond donors (Lipinski definition) is 0. The van der Waals surface area contributed by atoms with Crippen LogP contribution in [0.1, 0.15) is 0 Å². The molecule has 66 valence electrons. The molecule has 0 saturated heterocycles. The molecule has 0 unspecified atom stereocenters. The van der Waals surface area contributed by atoms with Gasteiger partial charge in [-0.25, -0.2) is 4.98 Å². The lowest BCUT2D eigenvalue weighted by Gasteiger charge is -1.99. The van der Waals surface area contributed by atoms with Gasteiger partial charge in [0.25, 0.3) is 5.56 Å². The van der Waals surface area contributed by atoms with E-state index in [0.29, 0.717) is 10.9 Å². The van der Waals surface area contributed by atoms with Gasteiger partial charge < -0.3 is 0 Å². The first kappa shape index (κ1) is 8.53. The van der Waals surface area contributed by atoms with E-state index in [4.69, 9.17) is 23.4 Å². The van der Waals surface area contributed by atoms with Crippen LogP contribution in [-0.2, 0) is 0 Å². The normalized spacial score (nSPS) is 10.6. The lowest BCUT2D eigenvalue weighted by molar-refractivity contribution is 1.08. The van der Waals surface area contributed by atoms with E-state index >= 15 is 0 Å². The number of rotatable bonds is 0. The van der Waals surface area contributed by atoms with Crippen LogP contribution in [0.5, 0.6) is 0 Å². The topological polar surface area (TPSA) is 34.9 Å². The summed E-state index contributed by atoms with van der Waals surface area (Å²) < 4.78 is 0.796. The van der Waals surface area contributed by atoms with Gasteiger partial charge in [0.15, 0.2) is 0 Å². The fourth-order valence-electron chi connectivity index (χ4n) is 1.08. The van der Waals surface area contributed by atoms with E-state index in [0.717, 1.165) is 4.09 Å². The van der Waals surface area contributed by atoms with Crippen LogP contribution in [0.2, 0.25) is 5.28 Å². The smallest absolute Gasteiger partial charge is 0.267 e. The summed E-state index contributed by atoms with van der Waals surface area (Å²) in [5.74, 6) is 0. The van der Waals surface area contributed by atoms with Gasteiger partial charge in [0.05, 0.1) is 10.9 Å². The third kappa shape index (κ3) is 1.30. The number of aromatic nitrogens is 2. The maximum Gasteiger partial charge on any atom is 0.277 e. The van der Waals surface area contributed by atoms with Crippen LogP contribution in [-0.4, -0.2) is 9.07 Å². The molecule has 3 nitrogen and oxygen atoms in total. The van der Waals surface area contributed by atoms with Gasteiger partial charge in [-0.3, -0.25) is 4.79 Å². The third-order valence-electron chi connectivity index (χ3n) is 1.69. The summed E-state index contributed by atoms with van der Waals surface area (Å²) in [5.41, 5.74) is 0.201. The van der Waals surface area contributed by atoms with Crippen molar-refractivity contribution in [3.63, 3.8) is 0 Å². The molecular formula is C8H4Cl2N2O. The van der Waals surface area contributed by atoms with E-state index in [1.54, 1.807) is 24.3 Å². The Bertz CT molecular complexity index is 521. The van der Waals surface area contributed by atoms with Crippen molar-refractivity contribution >= 4 is 34.3 Å². The average Bonchev–Trinajstić information content (AvgIpc) is 2.15. The molecule has 1 aromatic heterocycles. The predicted octanol–water partition coefficient (Wildman–Crippen LogP) is 2.05. The van der Waals surface area contributed by atoms with Gasteiger partial charge in [0, 0.05) is 11.8 Å². The van der Waals surface area contributed by atoms with E-state index in [-0.39, 0.29) is 10.8 Å². The van der Waals surface area contributed by atoms with E-state index in [1.807, 2.05) is 0 Å². The van der Waals surface area contributed by atoms with Crippen LogP contribution in [0, 0.1) is 0 Å². The minimum atomic E-state index is -0.350. The van der Waals surface area contributed by atoms with E-state index in [9.17, 15) is 4.79 Å². The molecule has 0 aliphatic heterocycles. The maximum atomic E-state index is 11.5. The molecule has 0 amide bonds. The van der Waals surface area contributed by atoms with Crippen molar-refractivity contribution < 1.29 is 0 Å². The summed E-state index contributed by atoms with van der Waals surface area (Å²) in [7, 11) is 0. The molecule has 0 aliphatic rings. The molecule has 1 heterocycles. The largest absolute Gasteiger partial charge is 0.277 e. The summed E-state index contributed by atoms with van der Waals surface area (Å²) in [6.07, 6.45) is 0. The Hall–Kier alpha value is -1.06. The summed E-state index contributed by atoms with van der Waals surface area (Å²) in [6, 6.07) is 6.89. The Balaban J connectivity index is 3.03. The maximum absolute atomic E-state index is 11.5. The molecule has 1 aromatic carbocycles. The zero-order chi connectivity index (χ0) is 9.42. The van der Waals surface area contributed by atoms with Gasteiger partial charge in [-0.1, -0.05) is 12.1 Å². The van der Waals surface area contributed by atoms with Gasteiger partial charge in [-0.2, -0.15) is 4.09 Å². The summed E-state index contributed by atoms with van der Waals surface area (Å²) in [5, 5.41) is 0.437. The lowest BCUT2D eigenvalue weighted by atomic mass is 10.2. The van der Waals surface area contributed by atoms with Gasteiger partial charge in [0.1, 0.15) is 0 Å². The molecular weight excluding hydrogens is 211 g/mol. The van der Waals surface area contributed by atoms with Crippen LogP contribution < -0.4 is 5.56 Å². The van der Waals surface area contributed by atoms with E-state index in [2.05, 4.69) is 4.98 Å². The van der Waals surface area contributed by atoms with Crippen molar-refractivity contribution in [1.82, 2.24) is 9.07 Å². The molecule has 0 spiro atoms. The molecule has 2 aromatic rings. The predicted molar refractivity (Wildman–Crippen MR) is 52.3 cm³/mol. The van der Waals surface area contributed by atoms with Crippen molar-refractivity contribution in [2.24, 2.45) is 0 Å². The summed E-state index contributed by atoms with van der Waals surface area (Å²) in [6.45, 7) is 0. The molecule has 0 N–H and O–H groups in total. The molecule has 13 heavy (non-hydrogen) atoms. The summed E-state index contributed by atoms with van der Waals surface area (Å²) in [4.78, 5) is 15.4. The van der Waals surface area contributed by atoms with Crippen molar-refractivity contribution in [1.29, 1.82) is 0 Å². The zero-order valence-corrected chi connectivity index (χ0v) is 7.88. The molecule has 0 saturated carbocycles. The number of fused-ring (bicyclic) bond motifs is 1. The molecule has 0 radical (unpaired) electrons. The highest BCUT2D eigenvalue weighted by atomic mass is 35.5. The van der Waals surface area contributed by atoms with Crippen molar-refractivity contribution in [3.05, 3.63) is 39.9 Å². The Labute approximate surface area is 83.6 Å². The van der Waals surface area contributed by atoms with Crippen LogP contribution >= 0.6 is 23.4 Å². The Morgan fingerprint density at radius 1 is 1.31 bits per heavy atom. The van der Waals surface area contributed by atoms with E-state index < -0.39 is 0 Å². The molecule has 0 fully saturated rings. The Morgan fingerprint density at radius 2 is 2.00 bits per heavy atom. The number of nitrogens with zero attached hydrogens (tertiary/aromatic N) is 2. The van der Waals surface area contributed by atoms with Gasteiger partial charge in [0.2, 0.25) is 5.28 Å². The molecule has 2 rings (SSSR count). The highest BCUT2D eigenvalue weighted by molar-refractivity contribution is 6.32. The monoisotopic (exact) mass is 214 g/mol. The van der Waals surface area contributed by atoms with Crippen LogP contribution in [0.4, 0.5) is 0 Å². The third-order valence-corrected chi connectivity index (χ3v) is 2.34.